The van der Waals surface area contributed by atoms with Gasteiger partial charge in [-0.15, -0.1) is 0 Å². The van der Waals surface area contributed by atoms with Gasteiger partial charge in [0, 0.05) is 24.8 Å². The first-order valence-electron chi connectivity index (χ1n) is 16.8. The zero-order valence-corrected chi connectivity index (χ0v) is 30.9. The largest absolute Gasteiger partial charge is 0.444 e. The quantitative estimate of drug-likeness (QED) is 0.201. The summed E-state index contributed by atoms with van der Waals surface area (Å²) in [5.74, 6) is -3.70. The molecular formula is C36H50F3N5O3Si. The summed E-state index contributed by atoms with van der Waals surface area (Å²) >= 11 is 0. The minimum atomic E-state index is -3.59. The number of ether oxygens (including phenoxy) is 1. The molecule has 2 aromatic heterocycles. The van der Waals surface area contributed by atoms with E-state index in [2.05, 4.69) is 20.3 Å². The van der Waals surface area contributed by atoms with E-state index >= 15 is 13.2 Å². The van der Waals surface area contributed by atoms with Crippen LogP contribution in [0.25, 0.3) is 16.6 Å². The summed E-state index contributed by atoms with van der Waals surface area (Å²) in [6, 6.07) is 7.41. The smallest absolute Gasteiger partial charge is 0.410 e. The third-order valence-electron chi connectivity index (χ3n) is 9.24. The van der Waals surface area contributed by atoms with E-state index in [1.54, 1.807) is 24.9 Å². The first kappa shape index (κ1) is 37.3. The van der Waals surface area contributed by atoms with Gasteiger partial charge in [0.1, 0.15) is 28.7 Å². The van der Waals surface area contributed by atoms with Crippen molar-refractivity contribution in [1.29, 1.82) is 0 Å². The van der Waals surface area contributed by atoms with Gasteiger partial charge in [-0.2, -0.15) is 8.78 Å². The van der Waals surface area contributed by atoms with Crippen LogP contribution >= 0.6 is 0 Å². The van der Waals surface area contributed by atoms with E-state index in [0.29, 0.717) is 60.3 Å². The maximum absolute atomic E-state index is 16.2. The molecule has 0 aliphatic carbocycles. The van der Waals surface area contributed by atoms with E-state index in [9.17, 15) is 4.79 Å². The molecule has 1 aliphatic heterocycles. The number of anilines is 1. The van der Waals surface area contributed by atoms with Gasteiger partial charge in [-0.3, -0.25) is 0 Å². The Bertz CT molecular complexity index is 1660. The number of carbonyl (C=O) groups is 1. The van der Waals surface area contributed by atoms with E-state index in [-0.39, 0.29) is 11.7 Å². The predicted molar refractivity (Wildman–Crippen MR) is 187 cm³/mol. The second-order valence-corrected chi connectivity index (χ2v) is 18.8. The molecule has 0 bridgehead atoms. The Hall–Kier alpha value is -3.51. The SMILES string of the molecule is CC[Si](CC)(CC)OC(C)(C)C(F)(F)c1cccc(C(C)Nc2nc(C)nc3ncc(C4=CCN(C(=O)OC(C)(C)C)CC4)cc23)c1F. The van der Waals surface area contributed by atoms with Crippen molar-refractivity contribution in [3.05, 3.63) is 64.9 Å². The molecule has 0 fully saturated rings. The second kappa shape index (κ2) is 14.1. The van der Waals surface area contributed by atoms with Crippen molar-refractivity contribution in [2.75, 3.05) is 18.4 Å². The van der Waals surface area contributed by atoms with Crippen LogP contribution in [0.5, 0.6) is 0 Å². The van der Waals surface area contributed by atoms with Crippen molar-refractivity contribution in [1.82, 2.24) is 19.9 Å². The summed E-state index contributed by atoms with van der Waals surface area (Å²) in [7, 11) is -2.43. The number of benzene rings is 1. The van der Waals surface area contributed by atoms with Crippen LogP contribution in [-0.4, -0.2) is 58.6 Å². The molecule has 0 spiro atoms. The molecule has 1 N–H and O–H groups in total. The molecule has 1 unspecified atom stereocenters. The fraction of sp³-hybridized carbons (Fsp3) is 0.556. The number of alkyl halides is 2. The maximum atomic E-state index is 16.2. The van der Waals surface area contributed by atoms with Crippen molar-refractivity contribution >= 4 is 36.8 Å². The summed E-state index contributed by atoms with van der Waals surface area (Å²) in [4.78, 5) is 27.8. The van der Waals surface area contributed by atoms with E-state index in [1.807, 2.05) is 53.7 Å². The molecule has 262 valence electrons. The van der Waals surface area contributed by atoms with E-state index in [0.717, 1.165) is 17.2 Å². The number of amides is 1. The Kier molecular flexibility index (Phi) is 11.0. The van der Waals surface area contributed by atoms with Crippen LogP contribution in [0.15, 0.2) is 36.5 Å². The highest BCUT2D eigenvalue weighted by Gasteiger charge is 2.54. The van der Waals surface area contributed by atoms with Gasteiger partial charge < -0.3 is 19.4 Å². The van der Waals surface area contributed by atoms with Gasteiger partial charge in [0.05, 0.1) is 17.0 Å². The fourth-order valence-electron chi connectivity index (χ4n) is 6.14. The van der Waals surface area contributed by atoms with Crippen molar-refractivity contribution < 1.29 is 27.1 Å². The minimum absolute atomic E-state index is 0.0821. The van der Waals surface area contributed by atoms with E-state index in [1.165, 1.54) is 26.0 Å². The molecule has 8 nitrogen and oxygen atoms in total. The number of nitrogens with one attached hydrogen (secondary N) is 1. The van der Waals surface area contributed by atoms with Crippen LogP contribution < -0.4 is 5.32 Å². The highest BCUT2D eigenvalue weighted by molar-refractivity contribution is 6.73. The van der Waals surface area contributed by atoms with Gasteiger partial charge in [0.15, 0.2) is 14.0 Å². The Morgan fingerprint density at radius 3 is 2.33 bits per heavy atom. The van der Waals surface area contributed by atoms with Gasteiger partial charge in [0.25, 0.3) is 0 Å². The van der Waals surface area contributed by atoms with Crippen molar-refractivity contribution in [3.63, 3.8) is 0 Å². The zero-order chi connectivity index (χ0) is 35.7. The first-order chi connectivity index (χ1) is 22.4. The lowest BCUT2D eigenvalue weighted by molar-refractivity contribution is -0.161. The van der Waals surface area contributed by atoms with Crippen molar-refractivity contribution in [2.45, 2.75) is 117 Å². The molecule has 3 aromatic rings. The number of hydrogen-bond donors (Lipinski definition) is 1. The molecule has 1 aliphatic rings. The number of rotatable bonds is 11. The molecule has 3 heterocycles. The summed E-state index contributed by atoms with van der Waals surface area (Å²) in [5.41, 5.74) is -0.795. The number of nitrogens with zero attached hydrogens (tertiary/aromatic N) is 4. The number of halogens is 3. The van der Waals surface area contributed by atoms with Crippen LogP contribution in [0.1, 0.15) is 97.3 Å². The third-order valence-corrected chi connectivity index (χ3v) is 14.1. The predicted octanol–water partition coefficient (Wildman–Crippen LogP) is 9.56. The number of carbonyl (C=O) groups excluding carboxylic acids is 1. The molecule has 4 rings (SSSR count). The molecule has 0 saturated carbocycles. The summed E-state index contributed by atoms with van der Waals surface area (Å²) in [5, 5.41) is 3.86. The highest BCUT2D eigenvalue weighted by atomic mass is 28.4. The number of pyridine rings is 1. The number of aryl methyl sites for hydroxylation is 1. The lowest BCUT2D eigenvalue weighted by Gasteiger charge is -2.42. The number of fused-ring (bicyclic) bond motifs is 1. The summed E-state index contributed by atoms with van der Waals surface area (Å²) in [6.45, 7) is 18.5. The summed E-state index contributed by atoms with van der Waals surface area (Å²) in [6.07, 6.45) is 3.95. The Labute approximate surface area is 283 Å². The third kappa shape index (κ3) is 7.85. The maximum Gasteiger partial charge on any atom is 0.410 e. The lowest BCUT2D eigenvalue weighted by atomic mass is 9.91. The molecular weight excluding hydrogens is 636 g/mol. The average molecular weight is 686 g/mol. The van der Waals surface area contributed by atoms with Crippen molar-refractivity contribution in [2.24, 2.45) is 0 Å². The fourth-order valence-corrected chi connectivity index (χ4v) is 9.28. The molecule has 1 atom stereocenters. The highest BCUT2D eigenvalue weighted by Crippen LogP contribution is 2.46. The van der Waals surface area contributed by atoms with Gasteiger partial charge in [-0.1, -0.05) is 39.0 Å². The average Bonchev–Trinajstić information content (AvgIpc) is 3.02. The Balaban J connectivity index is 1.63. The topological polar surface area (TPSA) is 89.5 Å². The summed E-state index contributed by atoms with van der Waals surface area (Å²) < 4.78 is 60.3. The van der Waals surface area contributed by atoms with E-state index in [4.69, 9.17) is 9.16 Å². The molecule has 48 heavy (non-hydrogen) atoms. The van der Waals surface area contributed by atoms with Gasteiger partial charge in [-0.05, 0) is 96.3 Å². The molecule has 1 amide bonds. The minimum Gasteiger partial charge on any atom is -0.444 e. The van der Waals surface area contributed by atoms with Gasteiger partial charge >= 0.3 is 12.0 Å². The van der Waals surface area contributed by atoms with Crippen LogP contribution in [0, 0.1) is 12.7 Å². The second-order valence-electron chi connectivity index (χ2n) is 14.1. The molecule has 0 saturated heterocycles. The van der Waals surface area contributed by atoms with Crippen LogP contribution in [-0.2, 0) is 15.1 Å². The molecule has 12 heteroatoms. The molecule has 0 radical (unpaired) electrons. The monoisotopic (exact) mass is 685 g/mol. The first-order valence-corrected chi connectivity index (χ1v) is 19.3. The van der Waals surface area contributed by atoms with Crippen LogP contribution in [0.4, 0.5) is 23.8 Å². The number of hydrogen-bond acceptors (Lipinski definition) is 7. The molecule has 1 aromatic carbocycles. The Morgan fingerprint density at radius 1 is 1.08 bits per heavy atom. The van der Waals surface area contributed by atoms with Crippen LogP contribution in [0.3, 0.4) is 0 Å². The number of aromatic nitrogens is 3. The Morgan fingerprint density at radius 2 is 1.75 bits per heavy atom. The van der Waals surface area contributed by atoms with Crippen LogP contribution in [0.2, 0.25) is 18.1 Å². The van der Waals surface area contributed by atoms with Gasteiger partial charge in [-0.25, -0.2) is 24.1 Å². The normalized spacial score (nSPS) is 15.4. The van der Waals surface area contributed by atoms with E-state index < -0.39 is 42.9 Å². The zero-order valence-electron chi connectivity index (χ0n) is 29.9. The standard InChI is InChI=1S/C36H50F3N5O3Si/c1-11-48(12-2,13-3)47-35(9,10)36(38,39)29-16-14-15-27(30(29)37)23(4)41-32-28-21-26(22-40-31(28)42-24(5)43-32)25-17-19-44(20-18-25)33(45)46-34(6,7)8/h14-17,21-23H,11-13,18-20H2,1-10H3,(H,40,41,42,43). The van der Waals surface area contributed by atoms with Gasteiger partial charge in [0.2, 0.25) is 0 Å². The van der Waals surface area contributed by atoms with Crippen molar-refractivity contribution in [3.8, 4) is 0 Å². The lowest BCUT2D eigenvalue weighted by Crippen LogP contribution is -2.52.